The minimum absolute atomic E-state index is 0.00285. The van der Waals surface area contributed by atoms with Crippen LogP contribution < -0.4 is 10.6 Å². The topological polar surface area (TPSA) is 91.3 Å². The lowest BCUT2D eigenvalue weighted by Crippen LogP contribution is -2.25. The molecular weight excluding hydrogens is 644 g/mol. The molecule has 3 aromatic carbocycles. The van der Waals surface area contributed by atoms with E-state index in [0.717, 1.165) is 53.7 Å². The quantitative estimate of drug-likeness (QED) is 0.146. The Morgan fingerprint density at radius 1 is 0.872 bits per heavy atom. The minimum Gasteiger partial charge on any atom is -0.481 e. The van der Waals surface area contributed by atoms with Crippen LogP contribution in [0.2, 0.25) is 0 Å². The average Bonchev–Trinajstić information content (AvgIpc) is 3.53. The van der Waals surface area contributed by atoms with Crippen molar-refractivity contribution in [2.24, 2.45) is 0 Å². The maximum absolute atomic E-state index is 13.5. The summed E-state index contributed by atoms with van der Waals surface area (Å²) >= 11 is 1.11. The molecule has 1 aromatic heterocycles. The number of alkyl halides is 6. The predicted molar refractivity (Wildman–Crippen MR) is 168 cm³/mol. The van der Waals surface area contributed by atoms with Crippen molar-refractivity contribution in [1.29, 1.82) is 0 Å². The molecule has 246 valence electrons. The maximum Gasteiger partial charge on any atom is 0.416 e. The molecule has 0 saturated heterocycles. The van der Waals surface area contributed by atoms with Crippen molar-refractivity contribution >= 4 is 34.5 Å². The first-order valence-corrected chi connectivity index (χ1v) is 15.6. The van der Waals surface area contributed by atoms with Gasteiger partial charge in [0, 0.05) is 40.8 Å². The number of halogens is 6. The van der Waals surface area contributed by atoms with Crippen LogP contribution in [0.3, 0.4) is 0 Å². The zero-order valence-corrected chi connectivity index (χ0v) is 25.6. The molecule has 1 aliphatic carbocycles. The first-order valence-electron chi connectivity index (χ1n) is 14.7. The van der Waals surface area contributed by atoms with E-state index in [0.29, 0.717) is 40.5 Å². The summed E-state index contributed by atoms with van der Waals surface area (Å²) in [6, 6.07) is 13.9. The number of carboxylic acid groups (broad SMARTS) is 1. The number of carbonyl (C=O) groups is 2. The number of amides is 1. The van der Waals surface area contributed by atoms with Gasteiger partial charge in [-0.25, -0.2) is 4.98 Å². The highest BCUT2D eigenvalue weighted by molar-refractivity contribution is 7.13. The van der Waals surface area contributed by atoms with Gasteiger partial charge in [0.05, 0.1) is 23.2 Å². The van der Waals surface area contributed by atoms with E-state index in [4.69, 9.17) is 5.11 Å². The Morgan fingerprint density at radius 2 is 1.57 bits per heavy atom. The van der Waals surface area contributed by atoms with E-state index < -0.39 is 35.4 Å². The molecule has 0 spiro atoms. The molecule has 5 rings (SSSR count). The third-order valence-electron chi connectivity index (χ3n) is 7.62. The Labute approximate surface area is 270 Å². The van der Waals surface area contributed by atoms with Crippen LogP contribution in [0.5, 0.6) is 0 Å². The van der Waals surface area contributed by atoms with E-state index in [1.807, 2.05) is 18.2 Å². The monoisotopic (exact) mass is 673 g/mol. The number of rotatable bonds is 10. The van der Waals surface area contributed by atoms with Gasteiger partial charge in [0.2, 0.25) is 0 Å². The van der Waals surface area contributed by atoms with Crippen molar-refractivity contribution in [3.63, 3.8) is 0 Å². The molecular formula is C34H29F6N3O3S. The van der Waals surface area contributed by atoms with Gasteiger partial charge in [-0.05, 0) is 84.8 Å². The number of nitrogens with zero attached hydrogens (tertiary/aromatic N) is 1. The van der Waals surface area contributed by atoms with Crippen LogP contribution in [-0.2, 0) is 23.7 Å². The third kappa shape index (κ3) is 8.59. The lowest BCUT2D eigenvalue weighted by Gasteiger charge is -2.17. The third-order valence-corrected chi connectivity index (χ3v) is 8.50. The molecule has 0 atom stereocenters. The summed E-state index contributed by atoms with van der Waals surface area (Å²) < 4.78 is 81.1. The smallest absolute Gasteiger partial charge is 0.416 e. The Bertz CT molecular complexity index is 1760. The second kappa shape index (κ2) is 14.0. The Balaban J connectivity index is 1.43. The predicted octanol–water partition coefficient (Wildman–Crippen LogP) is 9.29. The normalized spacial score (nSPS) is 13.6. The summed E-state index contributed by atoms with van der Waals surface area (Å²) in [6.45, 7) is 0.333. The largest absolute Gasteiger partial charge is 0.481 e. The van der Waals surface area contributed by atoms with E-state index in [-0.39, 0.29) is 30.3 Å². The van der Waals surface area contributed by atoms with E-state index in [2.05, 4.69) is 21.7 Å². The lowest BCUT2D eigenvalue weighted by atomic mass is 9.92. The van der Waals surface area contributed by atoms with Crippen LogP contribution in [0.25, 0.3) is 27.4 Å². The fourth-order valence-corrected chi connectivity index (χ4v) is 6.02. The zero-order chi connectivity index (χ0) is 33.8. The number of carboxylic acids is 1. The Kier molecular flexibility index (Phi) is 10.0. The number of anilines is 1. The molecule has 1 heterocycles. The fraction of sp³-hybridized carbons (Fsp3) is 0.265. The summed E-state index contributed by atoms with van der Waals surface area (Å²) in [7, 11) is 0. The van der Waals surface area contributed by atoms with Gasteiger partial charge in [-0.3, -0.25) is 9.59 Å². The highest BCUT2D eigenvalue weighted by Crippen LogP contribution is 2.41. The van der Waals surface area contributed by atoms with Gasteiger partial charge in [-0.15, -0.1) is 11.3 Å². The van der Waals surface area contributed by atoms with E-state index in [9.17, 15) is 35.9 Å². The van der Waals surface area contributed by atoms with Gasteiger partial charge in [0.15, 0.2) is 0 Å². The van der Waals surface area contributed by atoms with Crippen molar-refractivity contribution in [1.82, 2.24) is 10.3 Å². The van der Waals surface area contributed by atoms with Gasteiger partial charge >= 0.3 is 18.3 Å². The standard InChI is InChI=1S/C34H29F6N3O3S/c35-33(36,37)25-14-24(15-26(17-25)34(38,39)40)29-19-47-32(43-29)27-16-23(21-4-2-1-3-5-21)10-11-28(27)42-18-20-6-8-22(9-7-20)31(46)41-13-12-30(44)45/h4,6-11,14-17,19,42H,1-3,5,12-13,18H2,(H,41,46)(H,44,45). The number of thiazole rings is 1. The maximum atomic E-state index is 13.5. The van der Waals surface area contributed by atoms with E-state index in [1.54, 1.807) is 24.3 Å². The molecule has 0 aliphatic heterocycles. The van der Waals surface area contributed by atoms with Crippen LogP contribution >= 0.6 is 11.3 Å². The number of hydrogen-bond acceptors (Lipinski definition) is 5. The fourth-order valence-electron chi connectivity index (χ4n) is 5.16. The number of allylic oxidation sites excluding steroid dienone is 2. The number of aliphatic carboxylic acids is 1. The Hall–Kier alpha value is -4.65. The lowest BCUT2D eigenvalue weighted by molar-refractivity contribution is -0.143. The van der Waals surface area contributed by atoms with Gasteiger partial charge < -0.3 is 15.7 Å². The van der Waals surface area contributed by atoms with Crippen LogP contribution in [-0.4, -0.2) is 28.5 Å². The summed E-state index contributed by atoms with van der Waals surface area (Å²) in [6.07, 6.45) is -4.02. The number of nitrogens with one attached hydrogen (secondary N) is 2. The number of benzene rings is 3. The molecule has 3 N–H and O–H groups in total. The number of aromatic nitrogens is 1. The second-order valence-electron chi connectivity index (χ2n) is 11.0. The summed E-state index contributed by atoms with van der Waals surface area (Å²) in [5, 5.41) is 16.5. The summed E-state index contributed by atoms with van der Waals surface area (Å²) in [4.78, 5) is 27.5. The van der Waals surface area contributed by atoms with Gasteiger partial charge in [0.1, 0.15) is 5.01 Å². The molecule has 0 fully saturated rings. The SMILES string of the molecule is O=C(O)CCNC(=O)c1ccc(CNc2ccc(C3=CCCCC3)cc2-c2nc(-c3cc(C(F)(F)F)cc(C(F)(F)F)c3)cs2)cc1. The van der Waals surface area contributed by atoms with E-state index >= 15 is 0 Å². The van der Waals surface area contributed by atoms with Crippen molar-refractivity contribution in [2.45, 2.75) is 51.0 Å². The molecule has 0 unspecified atom stereocenters. The highest BCUT2D eigenvalue weighted by Gasteiger charge is 2.37. The molecule has 13 heteroatoms. The number of hydrogen-bond donors (Lipinski definition) is 3. The second-order valence-corrected chi connectivity index (χ2v) is 11.9. The van der Waals surface area contributed by atoms with Crippen LogP contribution in [0.15, 0.2) is 72.1 Å². The minimum atomic E-state index is -4.98. The van der Waals surface area contributed by atoms with Gasteiger partial charge in [-0.1, -0.05) is 24.3 Å². The van der Waals surface area contributed by atoms with Crippen LogP contribution in [0.1, 0.15) is 64.7 Å². The highest BCUT2D eigenvalue weighted by atomic mass is 32.1. The molecule has 1 amide bonds. The molecule has 47 heavy (non-hydrogen) atoms. The first kappa shape index (κ1) is 33.7. The average molecular weight is 674 g/mol. The van der Waals surface area contributed by atoms with Gasteiger partial charge in [0.25, 0.3) is 5.91 Å². The molecule has 0 radical (unpaired) electrons. The Morgan fingerprint density at radius 3 is 2.19 bits per heavy atom. The summed E-state index contributed by atoms with van der Waals surface area (Å²) in [5.41, 5.74) is 1.48. The molecule has 6 nitrogen and oxygen atoms in total. The molecule has 0 saturated carbocycles. The van der Waals surface area contributed by atoms with Crippen molar-refractivity contribution < 1.29 is 41.0 Å². The van der Waals surface area contributed by atoms with Crippen molar-refractivity contribution in [3.05, 3.63) is 99.9 Å². The zero-order valence-electron chi connectivity index (χ0n) is 24.8. The molecule has 0 bridgehead atoms. The summed E-state index contributed by atoms with van der Waals surface area (Å²) in [5.74, 6) is -1.42. The molecule has 1 aliphatic rings. The van der Waals surface area contributed by atoms with E-state index in [1.165, 1.54) is 5.38 Å². The molecule has 4 aromatic rings. The van der Waals surface area contributed by atoms with Crippen LogP contribution in [0, 0.1) is 0 Å². The van der Waals surface area contributed by atoms with Crippen molar-refractivity contribution in [3.8, 4) is 21.8 Å². The van der Waals surface area contributed by atoms with Gasteiger partial charge in [-0.2, -0.15) is 26.3 Å². The van der Waals surface area contributed by atoms with Crippen LogP contribution in [0.4, 0.5) is 32.0 Å². The first-order chi connectivity index (χ1) is 22.3. The van der Waals surface area contributed by atoms with Crippen molar-refractivity contribution in [2.75, 3.05) is 11.9 Å². The number of carbonyl (C=O) groups excluding carboxylic acids is 1.